The molecular weight excluding hydrogens is 490 g/mol. The van der Waals surface area contributed by atoms with Gasteiger partial charge in [0, 0.05) is 23.9 Å². The molecule has 7 nitrogen and oxygen atoms in total. The molecule has 0 unspecified atom stereocenters. The topological polar surface area (TPSA) is 95.2 Å². The van der Waals surface area contributed by atoms with Gasteiger partial charge in [-0.1, -0.05) is 61.5 Å². The predicted molar refractivity (Wildman–Crippen MR) is 132 cm³/mol. The maximum absolute atomic E-state index is 13.7. The smallest absolute Gasteiger partial charge is 0.448 e. The molecule has 1 heterocycles. The molecule has 0 saturated heterocycles. The van der Waals surface area contributed by atoms with Crippen molar-refractivity contribution < 1.29 is 47.2 Å². The molecule has 0 radical (unpaired) electrons. The third kappa shape index (κ3) is 6.61. The summed E-state index contributed by atoms with van der Waals surface area (Å²) in [6.07, 6.45) is 3.27. The van der Waals surface area contributed by atoms with Crippen LogP contribution >= 0.6 is 0 Å². The van der Waals surface area contributed by atoms with Crippen molar-refractivity contribution in [3.8, 4) is 16.9 Å². The molecule has 0 saturated carbocycles. The van der Waals surface area contributed by atoms with Crippen LogP contribution in [0.15, 0.2) is 90.0 Å². The van der Waals surface area contributed by atoms with E-state index in [-0.39, 0.29) is 36.1 Å². The van der Waals surface area contributed by atoms with Gasteiger partial charge in [-0.05, 0) is 42.8 Å². The molecule has 0 bridgehead atoms. The van der Waals surface area contributed by atoms with E-state index in [1.165, 1.54) is 12.1 Å². The van der Waals surface area contributed by atoms with E-state index in [0.717, 1.165) is 46.9 Å². The molecule has 0 spiro atoms. The Morgan fingerprint density at radius 1 is 1.00 bits per heavy atom. The van der Waals surface area contributed by atoms with Crippen LogP contribution in [-0.2, 0) is 22.9 Å². The summed E-state index contributed by atoms with van der Waals surface area (Å²) >= 11 is 0. The van der Waals surface area contributed by atoms with Crippen molar-refractivity contribution >= 4 is 16.1 Å². The van der Waals surface area contributed by atoms with Crippen LogP contribution in [0.1, 0.15) is 18.3 Å². The number of nitrogens with zero attached hydrogens (tertiary/aromatic N) is 3. The van der Waals surface area contributed by atoms with Crippen molar-refractivity contribution in [2.45, 2.75) is 24.7 Å². The maximum atomic E-state index is 13.7. The summed E-state index contributed by atoms with van der Waals surface area (Å²) in [5, 5.41) is 2.44. The number of rotatable bonds is 8. The fourth-order valence-electron chi connectivity index (χ4n) is 3.62. The van der Waals surface area contributed by atoms with E-state index in [4.69, 9.17) is 4.98 Å². The van der Waals surface area contributed by atoms with Gasteiger partial charge in [-0.25, -0.2) is 17.8 Å². The Kier molecular flexibility index (Phi) is 9.44. The van der Waals surface area contributed by atoms with Crippen LogP contribution in [-0.4, -0.2) is 30.5 Å². The molecule has 2 amide bonds. The molecule has 4 rings (SSSR count). The van der Waals surface area contributed by atoms with Gasteiger partial charge in [-0.15, -0.1) is 0 Å². The number of imidazole rings is 1. The number of benzene rings is 3. The quantitative estimate of drug-likeness (QED) is 0.365. The molecule has 180 valence electrons. The Bertz CT molecular complexity index is 1430. The summed E-state index contributed by atoms with van der Waals surface area (Å²) < 4.78 is 43.2. The van der Waals surface area contributed by atoms with Gasteiger partial charge in [0.1, 0.15) is 16.5 Å². The average molecular weight is 515 g/mol. The first-order chi connectivity index (χ1) is 16.9. The molecule has 0 atom stereocenters. The minimum atomic E-state index is -4.42. The van der Waals surface area contributed by atoms with Crippen molar-refractivity contribution in [2.24, 2.45) is 0 Å². The zero-order chi connectivity index (χ0) is 24.8. The number of hydrogen-bond donors (Lipinski definition) is 1. The molecule has 36 heavy (non-hydrogen) atoms. The van der Waals surface area contributed by atoms with Gasteiger partial charge < -0.3 is 14.6 Å². The minimum Gasteiger partial charge on any atom is -0.448 e. The molecule has 1 N–H and O–H groups in total. The summed E-state index contributed by atoms with van der Waals surface area (Å²) in [6, 6.07) is 21.6. The van der Waals surface area contributed by atoms with E-state index < -0.39 is 26.8 Å². The minimum absolute atomic E-state index is 0. The fraction of sp³-hybridized carbons (Fsp3) is 0.154. The van der Waals surface area contributed by atoms with E-state index in [1.807, 2.05) is 60.8 Å². The molecular formula is C26H24FN4NaO3S. The van der Waals surface area contributed by atoms with Crippen LogP contribution in [0, 0.1) is 5.82 Å². The average Bonchev–Trinajstić information content (AvgIpc) is 3.29. The number of halogens is 1. The number of aromatic nitrogens is 2. The Morgan fingerprint density at radius 2 is 1.67 bits per heavy atom. The van der Waals surface area contributed by atoms with Crippen LogP contribution < -0.4 is 34.9 Å². The first-order valence-corrected chi connectivity index (χ1v) is 12.5. The summed E-state index contributed by atoms with van der Waals surface area (Å²) in [4.78, 5) is 16.1. The number of aryl methyl sites for hydroxylation is 1. The standard InChI is InChI=1S/C26H25FN4O3S.Na/c1-2-25-29-23(20-8-4-3-5-9-20)18-31(25)21-14-12-19(13-15-21)16-17-28-26(32)30-35(33,34)24-11-7-6-10-22(24)27;/h3-15,18H,2,16-17H2,1H3,(H2,28,30,32);/q;+1/p-1. The Labute approximate surface area is 232 Å². The normalized spacial score (nSPS) is 10.9. The zero-order valence-corrected chi connectivity index (χ0v) is 22.9. The van der Waals surface area contributed by atoms with Crippen molar-refractivity contribution in [1.82, 2.24) is 14.9 Å². The zero-order valence-electron chi connectivity index (χ0n) is 20.1. The van der Waals surface area contributed by atoms with Crippen molar-refractivity contribution in [2.75, 3.05) is 6.54 Å². The largest absolute Gasteiger partial charge is 1.00 e. The Hall–Kier alpha value is -2.98. The predicted octanol–water partition coefficient (Wildman–Crippen LogP) is 2.26. The molecule has 0 fully saturated rings. The first kappa shape index (κ1) is 27.6. The van der Waals surface area contributed by atoms with Gasteiger partial charge in [0.2, 0.25) is 10.0 Å². The second-order valence-corrected chi connectivity index (χ2v) is 9.35. The molecule has 0 aliphatic carbocycles. The summed E-state index contributed by atoms with van der Waals surface area (Å²) in [5.74, 6) is -0.00862. The third-order valence-corrected chi connectivity index (χ3v) is 6.68. The van der Waals surface area contributed by atoms with Crippen molar-refractivity contribution in [3.05, 3.63) is 107 Å². The van der Waals surface area contributed by atoms with Crippen molar-refractivity contribution in [1.29, 1.82) is 0 Å². The summed E-state index contributed by atoms with van der Waals surface area (Å²) in [6.45, 7) is 2.24. The number of urea groups is 1. The fourth-order valence-corrected chi connectivity index (χ4v) is 4.57. The van der Waals surface area contributed by atoms with E-state index in [9.17, 15) is 17.6 Å². The molecule has 0 aliphatic heterocycles. The second kappa shape index (κ2) is 12.3. The monoisotopic (exact) mass is 514 g/mol. The van der Waals surface area contributed by atoms with Gasteiger partial charge in [-0.3, -0.25) is 4.79 Å². The van der Waals surface area contributed by atoms with Crippen LogP contribution in [0.2, 0.25) is 0 Å². The summed E-state index contributed by atoms with van der Waals surface area (Å²) in [7, 11) is -4.42. The number of carbonyl (C=O) groups excluding carboxylic acids is 1. The van der Waals surface area contributed by atoms with Gasteiger partial charge >= 0.3 is 29.6 Å². The van der Waals surface area contributed by atoms with Gasteiger partial charge in [0.05, 0.1) is 5.69 Å². The number of sulfonamides is 1. The Balaban J connectivity index is 0.00000361. The van der Waals surface area contributed by atoms with Gasteiger partial charge in [0.25, 0.3) is 0 Å². The first-order valence-electron chi connectivity index (χ1n) is 11.1. The van der Waals surface area contributed by atoms with Gasteiger partial charge in [0.15, 0.2) is 6.03 Å². The van der Waals surface area contributed by atoms with Crippen molar-refractivity contribution in [3.63, 3.8) is 0 Å². The van der Waals surface area contributed by atoms with Gasteiger partial charge in [-0.2, -0.15) is 0 Å². The van der Waals surface area contributed by atoms with Crippen LogP contribution in [0.3, 0.4) is 0 Å². The molecule has 3 aromatic carbocycles. The number of amides is 2. The molecule has 10 heteroatoms. The Morgan fingerprint density at radius 3 is 2.33 bits per heavy atom. The molecule has 1 aromatic heterocycles. The van der Waals surface area contributed by atoms with E-state index in [1.54, 1.807) is 0 Å². The van der Waals surface area contributed by atoms with E-state index >= 15 is 0 Å². The third-order valence-electron chi connectivity index (χ3n) is 5.39. The van der Waals surface area contributed by atoms with Crippen LogP contribution in [0.25, 0.3) is 21.7 Å². The molecule has 0 aliphatic rings. The number of nitrogens with one attached hydrogen (secondary N) is 1. The second-order valence-electron chi connectivity index (χ2n) is 7.78. The SMILES string of the molecule is CCc1nc(-c2ccccc2)cn1-c1ccc(CCNC(=O)[N-]S(=O)(=O)c2ccccc2F)cc1.[Na+]. The van der Waals surface area contributed by atoms with Crippen LogP contribution in [0.5, 0.6) is 0 Å². The van der Waals surface area contributed by atoms with E-state index in [0.29, 0.717) is 6.42 Å². The summed E-state index contributed by atoms with van der Waals surface area (Å²) in [5.41, 5.74) is 3.88. The number of hydrogen-bond acceptors (Lipinski definition) is 4. The van der Waals surface area contributed by atoms with E-state index in [2.05, 4.69) is 21.5 Å². The maximum Gasteiger partial charge on any atom is 1.00 e. The number of carbonyl (C=O) groups is 1. The van der Waals surface area contributed by atoms with Crippen LogP contribution in [0.4, 0.5) is 9.18 Å². The molecule has 4 aromatic rings.